The standard InChI is InChI=1S/C30H35ClN4O5/c1-6-19-12-7-8-15-21(19)26(27(37)34-25-18(2)11-9-16-22(25)31)35(20-13-10-14-20)28(38)23(17-24(32)36)33-29(39)40-30(3,4)5/h1,7-9,11-12,15-16,20,23,26H,10,13-14,17H2,2-5H3,(H2,32,36)(H,33,39)(H,34,37). The minimum Gasteiger partial charge on any atom is -0.444 e. The predicted octanol–water partition coefficient (Wildman–Crippen LogP) is 4.46. The third kappa shape index (κ3) is 7.54. The van der Waals surface area contributed by atoms with Crippen molar-refractivity contribution in [1.82, 2.24) is 10.2 Å². The van der Waals surface area contributed by atoms with Crippen molar-refractivity contribution in [3.8, 4) is 12.3 Å². The molecule has 1 aliphatic rings. The van der Waals surface area contributed by atoms with E-state index in [9.17, 15) is 19.2 Å². The Morgan fingerprint density at radius 1 is 1.15 bits per heavy atom. The highest BCUT2D eigenvalue weighted by Crippen LogP contribution is 2.36. The summed E-state index contributed by atoms with van der Waals surface area (Å²) in [4.78, 5) is 54.3. The second-order valence-electron chi connectivity index (χ2n) is 10.8. The van der Waals surface area contributed by atoms with Crippen LogP contribution >= 0.6 is 11.6 Å². The summed E-state index contributed by atoms with van der Waals surface area (Å²) >= 11 is 6.40. The number of primary amides is 1. The van der Waals surface area contributed by atoms with E-state index in [0.717, 1.165) is 12.0 Å². The molecule has 4 amide bonds. The van der Waals surface area contributed by atoms with Crippen LogP contribution in [-0.4, -0.2) is 46.4 Å². The second-order valence-corrected chi connectivity index (χ2v) is 11.2. The van der Waals surface area contributed by atoms with Gasteiger partial charge in [0.15, 0.2) is 0 Å². The molecule has 0 bridgehead atoms. The number of anilines is 1. The van der Waals surface area contributed by atoms with Gasteiger partial charge < -0.3 is 26.0 Å². The van der Waals surface area contributed by atoms with Crippen molar-refractivity contribution < 1.29 is 23.9 Å². The molecule has 1 fully saturated rings. The van der Waals surface area contributed by atoms with Crippen molar-refractivity contribution in [1.29, 1.82) is 0 Å². The lowest BCUT2D eigenvalue weighted by Gasteiger charge is -2.43. The first-order valence-corrected chi connectivity index (χ1v) is 13.4. The normalized spacial score (nSPS) is 14.6. The topological polar surface area (TPSA) is 131 Å². The number of carbonyl (C=O) groups excluding carboxylic acids is 4. The number of amides is 4. The molecule has 0 radical (unpaired) electrons. The molecule has 4 N–H and O–H groups in total. The van der Waals surface area contributed by atoms with Crippen LogP contribution in [0.2, 0.25) is 5.02 Å². The molecule has 10 heteroatoms. The summed E-state index contributed by atoms with van der Waals surface area (Å²) in [5.41, 5.74) is 6.58. The summed E-state index contributed by atoms with van der Waals surface area (Å²) in [6.07, 6.45) is 6.49. The van der Waals surface area contributed by atoms with E-state index in [1.165, 1.54) is 4.90 Å². The average molecular weight is 567 g/mol. The van der Waals surface area contributed by atoms with Gasteiger partial charge in [0.2, 0.25) is 11.8 Å². The molecule has 2 atom stereocenters. The van der Waals surface area contributed by atoms with Gasteiger partial charge in [0, 0.05) is 11.6 Å². The molecule has 1 saturated carbocycles. The number of nitrogens with two attached hydrogens (primary N) is 1. The molecule has 40 heavy (non-hydrogen) atoms. The van der Waals surface area contributed by atoms with Gasteiger partial charge in [-0.2, -0.15) is 0 Å². The molecule has 0 spiro atoms. The van der Waals surface area contributed by atoms with E-state index in [1.54, 1.807) is 70.2 Å². The van der Waals surface area contributed by atoms with Gasteiger partial charge in [0.05, 0.1) is 17.1 Å². The van der Waals surface area contributed by atoms with Gasteiger partial charge in [-0.1, -0.05) is 47.9 Å². The molecule has 0 aliphatic heterocycles. The fourth-order valence-corrected chi connectivity index (χ4v) is 4.75. The Balaban J connectivity index is 2.11. The summed E-state index contributed by atoms with van der Waals surface area (Å²) in [7, 11) is 0. The van der Waals surface area contributed by atoms with Crippen LogP contribution in [0.1, 0.15) is 69.2 Å². The molecular weight excluding hydrogens is 532 g/mol. The molecule has 0 aromatic heterocycles. The van der Waals surface area contributed by atoms with Crippen LogP contribution in [0, 0.1) is 19.3 Å². The fourth-order valence-electron chi connectivity index (χ4n) is 4.48. The Morgan fingerprint density at radius 3 is 2.38 bits per heavy atom. The van der Waals surface area contributed by atoms with Crippen molar-refractivity contribution in [3.05, 3.63) is 64.2 Å². The number of benzene rings is 2. The van der Waals surface area contributed by atoms with Crippen LogP contribution in [0.25, 0.3) is 0 Å². The lowest BCUT2D eigenvalue weighted by Crippen LogP contribution is -2.57. The number of ether oxygens (including phenoxy) is 1. The number of aryl methyl sites for hydroxylation is 1. The maximum Gasteiger partial charge on any atom is 0.408 e. The Bertz CT molecular complexity index is 1310. The van der Waals surface area contributed by atoms with E-state index >= 15 is 0 Å². The highest BCUT2D eigenvalue weighted by molar-refractivity contribution is 6.34. The molecule has 3 rings (SSSR count). The van der Waals surface area contributed by atoms with Crippen LogP contribution in [0.3, 0.4) is 0 Å². The van der Waals surface area contributed by atoms with E-state index < -0.39 is 47.9 Å². The number of hydrogen-bond acceptors (Lipinski definition) is 5. The Morgan fingerprint density at radius 2 is 1.82 bits per heavy atom. The van der Waals surface area contributed by atoms with Gasteiger partial charge in [0.1, 0.15) is 17.7 Å². The number of rotatable bonds is 9. The van der Waals surface area contributed by atoms with Crippen LogP contribution in [-0.2, 0) is 19.1 Å². The predicted molar refractivity (Wildman–Crippen MR) is 153 cm³/mol. The van der Waals surface area contributed by atoms with Crippen molar-refractivity contribution in [2.45, 2.75) is 77.1 Å². The van der Waals surface area contributed by atoms with Crippen LogP contribution < -0.4 is 16.4 Å². The van der Waals surface area contributed by atoms with Gasteiger partial charge >= 0.3 is 6.09 Å². The van der Waals surface area contributed by atoms with E-state index in [2.05, 4.69) is 16.6 Å². The zero-order valence-electron chi connectivity index (χ0n) is 23.1. The molecular formula is C30H35ClN4O5. The Hall–Kier alpha value is -4.03. The molecule has 2 unspecified atom stereocenters. The van der Waals surface area contributed by atoms with E-state index in [0.29, 0.717) is 34.7 Å². The molecule has 1 aliphatic carbocycles. The first-order valence-electron chi connectivity index (χ1n) is 13.0. The summed E-state index contributed by atoms with van der Waals surface area (Å²) in [5, 5.41) is 5.70. The number of nitrogens with one attached hydrogen (secondary N) is 2. The zero-order valence-corrected chi connectivity index (χ0v) is 23.9. The Labute approximate surface area is 239 Å². The van der Waals surface area contributed by atoms with Crippen molar-refractivity contribution in [2.24, 2.45) is 5.73 Å². The number of para-hydroxylation sites is 1. The Kier molecular flexibility index (Phi) is 9.83. The minimum atomic E-state index is -1.37. The highest BCUT2D eigenvalue weighted by atomic mass is 35.5. The van der Waals surface area contributed by atoms with Gasteiger partial charge in [-0.05, 0) is 70.2 Å². The number of hydrogen-bond donors (Lipinski definition) is 3. The number of alkyl carbamates (subject to hydrolysis) is 1. The number of nitrogens with zero attached hydrogens (tertiary/aromatic N) is 1. The molecule has 212 valence electrons. The average Bonchev–Trinajstić information content (AvgIpc) is 2.83. The van der Waals surface area contributed by atoms with E-state index in [-0.39, 0.29) is 6.04 Å². The first-order chi connectivity index (χ1) is 18.8. The first kappa shape index (κ1) is 30.5. The highest BCUT2D eigenvalue weighted by Gasteiger charge is 2.43. The summed E-state index contributed by atoms with van der Waals surface area (Å²) in [6.45, 7) is 6.82. The fraction of sp³-hybridized carbons (Fsp3) is 0.400. The number of halogens is 1. The molecule has 0 heterocycles. The van der Waals surface area contributed by atoms with Gasteiger partial charge in [-0.3, -0.25) is 14.4 Å². The van der Waals surface area contributed by atoms with Crippen molar-refractivity contribution >= 4 is 41.1 Å². The van der Waals surface area contributed by atoms with Gasteiger partial charge in [-0.25, -0.2) is 4.79 Å². The van der Waals surface area contributed by atoms with Crippen LogP contribution in [0.15, 0.2) is 42.5 Å². The monoisotopic (exact) mass is 566 g/mol. The third-order valence-electron chi connectivity index (χ3n) is 6.52. The van der Waals surface area contributed by atoms with Crippen molar-refractivity contribution in [2.75, 3.05) is 5.32 Å². The van der Waals surface area contributed by atoms with E-state index in [1.807, 2.05) is 0 Å². The molecule has 9 nitrogen and oxygen atoms in total. The minimum absolute atomic E-state index is 0.331. The SMILES string of the molecule is C#Cc1ccccc1C(C(=O)Nc1c(C)cccc1Cl)N(C(=O)C(CC(N)=O)NC(=O)OC(C)(C)C)C1CCC1. The molecule has 0 saturated heterocycles. The zero-order chi connectivity index (χ0) is 29.6. The van der Waals surface area contributed by atoms with E-state index in [4.69, 9.17) is 28.5 Å². The smallest absolute Gasteiger partial charge is 0.408 e. The maximum atomic E-state index is 14.2. The number of carbonyl (C=O) groups is 4. The van der Waals surface area contributed by atoms with Crippen LogP contribution in [0.5, 0.6) is 0 Å². The van der Waals surface area contributed by atoms with Crippen molar-refractivity contribution in [3.63, 3.8) is 0 Å². The quantitative estimate of drug-likeness (QED) is 0.386. The third-order valence-corrected chi connectivity index (χ3v) is 6.84. The van der Waals surface area contributed by atoms with Gasteiger partial charge in [-0.15, -0.1) is 6.42 Å². The summed E-state index contributed by atoms with van der Waals surface area (Å²) < 4.78 is 5.32. The lowest BCUT2D eigenvalue weighted by atomic mass is 9.87. The molecule has 2 aromatic carbocycles. The maximum absolute atomic E-state index is 14.2. The second kappa shape index (κ2) is 12.9. The van der Waals surface area contributed by atoms with Crippen LogP contribution in [0.4, 0.5) is 10.5 Å². The largest absolute Gasteiger partial charge is 0.444 e. The molecule has 2 aromatic rings. The lowest BCUT2D eigenvalue weighted by molar-refractivity contribution is -0.146. The summed E-state index contributed by atoms with van der Waals surface area (Å²) in [5.74, 6) is 0.590. The van der Waals surface area contributed by atoms with Gasteiger partial charge in [0.25, 0.3) is 5.91 Å². The number of terminal acetylenes is 1. The summed E-state index contributed by atoms with van der Waals surface area (Å²) in [6, 6.07) is 9.12.